The summed E-state index contributed by atoms with van der Waals surface area (Å²) in [4.78, 5) is 25.8. The van der Waals surface area contributed by atoms with Crippen molar-refractivity contribution in [2.45, 2.75) is 131 Å². The van der Waals surface area contributed by atoms with Crippen molar-refractivity contribution in [1.29, 1.82) is 0 Å². The first-order valence-corrected chi connectivity index (χ1v) is 17.5. The summed E-state index contributed by atoms with van der Waals surface area (Å²) >= 11 is 0. The van der Waals surface area contributed by atoms with E-state index < -0.39 is 5.41 Å². The molecule has 0 saturated carbocycles. The van der Waals surface area contributed by atoms with Crippen LogP contribution in [0.2, 0.25) is 0 Å². The molecule has 3 rings (SSSR count). The van der Waals surface area contributed by atoms with Gasteiger partial charge in [-0.05, 0) is 73.2 Å². The van der Waals surface area contributed by atoms with Gasteiger partial charge in [0.05, 0.1) is 30.3 Å². The van der Waals surface area contributed by atoms with E-state index in [1.54, 1.807) is 12.1 Å². The van der Waals surface area contributed by atoms with Crippen LogP contribution in [0, 0.1) is 11.3 Å². The van der Waals surface area contributed by atoms with E-state index in [0.717, 1.165) is 42.3 Å². The summed E-state index contributed by atoms with van der Waals surface area (Å²) in [6, 6.07) is 15.3. The standard InChI is InChI=1S/C38H57BO6/c1-7-10-11-12-13-14-15-16-29(4)26-43-37(41)38(6,9-3)25-30(5)32-19-17-31(18-20-32)27-42-36(40)33-21-23-34(24-22-33)39-44-28-35(8-2)45-39/h17-24,29-30,35H,7-16,25-28H2,1-6H3. The number of rotatable bonds is 20. The second kappa shape index (κ2) is 19.1. The van der Waals surface area contributed by atoms with E-state index in [-0.39, 0.29) is 37.7 Å². The van der Waals surface area contributed by atoms with E-state index in [9.17, 15) is 9.59 Å². The molecule has 7 heteroatoms. The first-order chi connectivity index (χ1) is 21.7. The predicted molar refractivity (Wildman–Crippen MR) is 183 cm³/mol. The highest BCUT2D eigenvalue weighted by Gasteiger charge is 2.35. The van der Waals surface area contributed by atoms with Gasteiger partial charge < -0.3 is 18.8 Å². The smallest absolute Gasteiger partial charge is 0.465 e. The molecule has 1 fully saturated rings. The Bertz CT molecular complexity index is 1150. The molecule has 1 aliphatic rings. The Labute approximate surface area is 273 Å². The van der Waals surface area contributed by atoms with Gasteiger partial charge >= 0.3 is 19.1 Å². The Hall–Kier alpha value is -2.64. The Morgan fingerprint density at radius 3 is 2.20 bits per heavy atom. The molecule has 0 spiro atoms. The average molecular weight is 621 g/mol. The summed E-state index contributed by atoms with van der Waals surface area (Å²) in [6.07, 6.45) is 12.7. The van der Waals surface area contributed by atoms with Crippen molar-refractivity contribution in [3.05, 3.63) is 65.2 Å². The van der Waals surface area contributed by atoms with Crippen molar-refractivity contribution >= 4 is 24.5 Å². The number of carbonyl (C=O) groups is 2. The molecule has 248 valence electrons. The van der Waals surface area contributed by atoms with Gasteiger partial charge in [-0.25, -0.2) is 4.79 Å². The molecule has 1 heterocycles. The molecule has 6 nitrogen and oxygen atoms in total. The highest BCUT2D eigenvalue weighted by Crippen LogP contribution is 2.36. The molecule has 0 amide bonds. The van der Waals surface area contributed by atoms with Crippen LogP contribution in [0.15, 0.2) is 48.5 Å². The molecule has 45 heavy (non-hydrogen) atoms. The minimum atomic E-state index is -0.532. The van der Waals surface area contributed by atoms with Gasteiger partial charge in [-0.15, -0.1) is 0 Å². The Morgan fingerprint density at radius 2 is 1.58 bits per heavy atom. The van der Waals surface area contributed by atoms with Crippen molar-refractivity contribution in [2.24, 2.45) is 11.3 Å². The Kier molecular flexibility index (Phi) is 15.7. The summed E-state index contributed by atoms with van der Waals surface area (Å²) in [5.41, 5.74) is 2.93. The lowest BCUT2D eigenvalue weighted by Crippen LogP contribution is -2.32. The van der Waals surface area contributed by atoms with E-state index in [4.69, 9.17) is 18.8 Å². The minimum absolute atomic E-state index is 0.0896. The van der Waals surface area contributed by atoms with Gasteiger partial charge in [-0.2, -0.15) is 0 Å². The molecule has 0 radical (unpaired) electrons. The van der Waals surface area contributed by atoms with Crippen molar-refractivity contribution in [1.82, 2.24) is 0 Å². The van der Waals surface area contributed by atoms with Gasteiger partial charge in [-0.3, -0.25) is 4.79 Å². The molecular weight excluding hydrogens is 563 g/mol. The second-order valence-corrected chi connectivity index (χ2v) is 13.4. The summed E-state index contributed by atoms with van der Waals surface area (Å²) in [6.45, 7) is 14.1. The quantitative estimate of drug-likeness (QED) is 0.0837. The molecule has 0 bridgehead atoms. The van der Waals surface area contributed by atoms with E-state index in [1.807, 2.05) is 31.2 Å². The second-order valence-electron chi connectivity index (χ2n) is 13.4. The molecule has 0 aromatic heterocycles. The van der Waals surface area contributed by atoms with E-state index in [1.165, 1.54) is 44.9 Å². The van der Waals surface area contributed by atoms with Gasteiger partial charge in [0, 0.05) is 0 Å². The summed E-state index contributed by atoms with van der Waals surface area (Å²) in [7, 11) is -0.380. The number of carbonyl (C=O) groups excluding carboxylic acids is 2. The van der Waals surface area contributed by atoms with Gasteiger partial charge in [0.1, 0.15) is 6.61 Å². The molecule has 0 aliphatic carbocycles. The largest absolute Gasteiger partial charge is 0.494 e. The maximum Gasteiger partial charge on any atom is 0.494 e. The van der Waals surface area contributed by atoms with Crippen LogP contribution in [0.3, 0.4) is 0 Å². The van der Waals surface area contributed by atoms with Crippen molar-refractivity contribution in [3.8, 4) is 0 Å². The van der Waals surface area contributed by atoms with Crippen LogP contribution in [0.1, 0.15) is 140 Å². The molecule has 0 N–H and O–H groups in total. The highest BCUT2D eigenvalue weighted by atomic mass is 16.6. The molecule has 1 aliphatic heterocycles. The third-order valence-electron chi connectivity index (χ3n) is 9.37. The zero-order valence-electron chi connectivity index (χ0n) is 28.8. The third kappa shape index (κ3) is 11.9. The normalized spacial score (nSPS) is 17.5. The van der Waals surface area contributed by atoms with Crippen molar-refractivity contribution in [3.63, 3.8) is 0 Å². The molecule has 4 atom stereocenters. The first kappa shape index (κ1) is 36.8. The van der Waals surface area contributed by atoms with Crippen LogP contribution in [0.5, 0.6) is 0 Å². The number of unbranched alkanes of at least 4 members (excludes halogenated alkanes) is 6. The number of benzene rings is 2. The third-order valence-corrected chi connectivity index (χ3v) is 9.37. The lowest BCUT2D eigenvalue weighted by Gasteiger charge is -2.30. The average Bonchev–Trinajstić information content (AvgIpc) is 3.55. The van der Waals surface area contributed by atoms with E-state index >= 15 is 0 Å². The van der Waals surface area contributed by atoms with Crippen LogP contribution in [0.25, 0.3) is 0 Å². The molecule has 4 unspecified atom stereocenters. The summed E-state index contributed by atoms with van der Waals surface area (Å²) in [5, 5.41) is 0. The number of hydrogen-bond donors (Lipinski definition) is 0. The SMILES string of the molecule is CCCCCCCCCC(C)COC(=O)C(C)(CC)CC(C)c1ccc(COC(=O)c2ccc(B3OCC(CC)O3)cc2)cc1. The maximum absolute atomic E-state index is 13.2. The van der Waals surface area contributed by atoms with Crippen LogP contribution in [-0.2, 0) is 30.2 Å². The van der Waals surface area contributed by atoms with Gasteiger partial charge in [0.2, 0.25) is 0 Å². The van der Waals surface area contributed by atoms with Crippen LogP contribution >= 0.6 is 0 Å². The van der Waals surface area contributed by atoms with Gasteiger partial charge in [0.15, 0.2) is 0 Å². The van der Waals surface area contributed by atoms with Crippen molar-refractivity contribution < 1.29 is 28.4 Å². The van der Waals surface area contributed by atoms with E-state index in [2.05, 4.69) is 46.8 Å². The molecular formula is C38H57BO6. The number of esters is 2. The zero-order valence-corrected chi connectivity index (χ0v) is 28.8. The fourth-order valence-corrected chi connectivity index (χ4v) is 5.88. The molecule has 2 aromatic rings. The lowest BCUT2D eigenvalue weighted by molar-refractivity contribution is -0.157. The zero-order chi connectivity index (χ0) is 32.7. The fourth-order valence-electron chi connectivity index (χ4n) is 5.88. The topological polar surface area (TPSA) is 71.1 Å². The van der Waals surface area contributed by atoms with Gasteiger partial charge in [0.25, 0.3) is 0 Å². The van der Waals surface area contributed by atoms with Crippen LogP contribution < -0.4 is 5.46 Å². The Balaban J connectivity index is 1.41. The van der Waals surface area contributed by atoms with Crippen LogP contribution in [0.4, 0.5) is 0 Å². The number of ether oxygens (including phenoxy) is 2. The predicted octanol–water partition coefficient (Wildman–Crippen LogP) is 8.79. The van der Waals surface area contributed by atoms with Crippen molar-refractivity contribution in [2.75, 3.05) is 13.2 Å². The van der Waals surface area contributed by atoms with E-state index in [0.29, 0.717) is 24.7 Å². The maximum atomic E-state index is 13.2. The summed E-state index contributed by atoms with van der Waals surface area (Å²) in [5.74, 6) is 0.114. The molecule has 1 saturated heterocycles. The monoisotopic (exact) mass is 620 g/mol. The summed E-state index contributed by atoms with van der Waals surface area (Å²) < 4.78 is 23.0. The van der Waals surface area contributed by atoms with Crippen LogP contribution in [-0.4, -0.2) is 38.4 Å². The fraction of sp³-hybridized carbons (Fsp3) is 0.632. The molecule has 2 aromatic carbocycles. The highest BCUT2D eigenvalue weighted by molar-refractivity contribution is 6.61. The number of hydrogen-bond acceptors (Lipinski definition) is 6. The minimum Gasteiger partial charge on any atom is -0.465 e. The lowest BCUT2D eigenvalue weighted by atomic mass is 9.77. The van der Waals surface area contributed by atoms with Gasteiger partial charge in [-0.1, -0.05) is 116 Å². The Morgan fingerprint density at radius 1 is 0.911 bits per heavy atom. The first-order valence-electron chi connectivity index (χ1n) is 17.5.